The average molecular weight is 386 g/mol. The minimum Gasteiger partial charge on any atom is -0.387 e. The van der Waals surface area contributed by atoms with Gasteiger partial charge >= 0.3 is 6.03 Å². The van der Waals surface area contributed by atoms with Crippen molar-refractivity contribution in [2.75, 3.05) is 25.0 Å². The van der Waals surface area contributed by atoms with Gasteiger partial charge in [0, 0.05) is 42.9 Å². The van der Waals surface area contributed by atoms with Crippen LogP contribution in [-0.2, 0) is 6.54 Å². The number of likely N-dealkylation sites (tertiary alicyclic amines) is 1. The summed E-state index contributed by atoms with van der Waals surface area (Å²) in [6, 6.07) is 15.6. The van der Waals surface area contributed by atoms with Crippen molar-refractivity contribution in [2.24, 2.45) is 0 Å². The number of aliphatic hydroxyl groups excluding tert-OH is 1. The number of fused-ring (bicyclic) bond motifs is 1. The topological polar surface area (TPSA) is 55.8 Å². The number of anilines is 1. The molecule has 0 aromatic heterocycles. The fraction of sp³-hybridized carbons (Fsp3) is 0.381. The largest absolute Gasteiger partial charge is 0.387 e. The molecule has 27 heavy (non-hydrogen) atoms. The minimum atomic E-state index is -0.551. The van der Waals surface area contributed by atoms with Crippen molar-refractivity contribution < 1.29 is 9.90 Å². The van der Waals surface area contributed by atoms with E-state index >= 15 is 0 Å². The molecule has 2 amide bonds. The highest BCUT2D eigenvalue weighted by molar-refractivity contribution is 6.30. The van der Waals surface area contributed by atoms with E-state index in [9.17, 15) is 9.90 Å². The van der Waals surface area contributed by atoms with Gasteiger partial charge in [0.25, 0.3) is 0 Å². The number of nitrogens with zero attached hydrogens (tertiary/aromatic N) is 2. The van der Waals surface area contributed by atoms with Gasteiger partial charge in [-0.05, 0) is 42.2 Å². The maximum Gasteiger partial charge on any atom is 0.322 e. The van der Waals surface area contributed by atoms with Crippen LogP contribution < -0.4 is 5.32 Å². The molecule has 1 saturated heterocycles. The van der Waals surface area contributed by atoms with Crippen LogP contribution in [0.2, 0.25) is 5.02 Å². The molecule has 1 fully saturated rings. The van der Waals surface area contributed by atoms with E-state index < -0.39 is 6.10 Å². The Balaban J connectivity index is 1.33. The van der Waals surface area contributed by atoms with Crippen LogP contribution in [0.1, 0.15) is 30.1 Å². The van der Waals surface area contributed by atoms with Crippen LogP contribution in [0.4, 0.5) is 10.5 Å². The van der Waals surface area contributed by atoms with Crippen molar-refractivity contribution in [1.82, 2.24) is 9.80 Å². The van der Waals surface area contributed by atoms with Gasteiger partial charge < -0.3 is 20.2 Å². The molecule has 4 rings (SSSR count). The number of rotatable bonds is 4. The van der Waals surface area contributed by atoms with Gasteiger partial charge in [-0.3, -0.25) is 0 Å². The first-order valence-electron chi connectivity index (χ1n) is 9.41. The monoisotopic (exact) mass is 385 g/mol. The summed E-state index contributed by atoms with van der Waals surface area (Å²) < 4.78 is 0. The number of benzene rings is 2. The molecule has 2 aromatic carbocycles. The zero-order valence-electron chi connectivity index (χ0n) is 15.1. The van der Waals surface area contributed by atoms with Gasteiger partial charge in [-0.2, -0.15) is 0 Å². The zero-order chi connectivity index (χ0) is 18.8. The Kier molecular flexibility index (Phi) is 5.34. The number of nitrogens with one attached hydrogen (secondary N) is 1. The molecule has 142 valence electrons. The third kappa shape index (κ3) is 4.10. The number of halogens is 1. The lowest BCUT2D eigenvalue weighted by Crippen LogP contribution is -2.50. The minimum absolute atomic E-state index is 0.00823. The molecule has 2 aromatic rings. The Morgan fingerprint density at radius 2 is 1.93 bits per heavy atom. The van der Waals surface area contributed by atoms with Crippen LogP contribution >= 0.6 is 11.6 Å². The number of carbonyl (C=O) groups is 1. The summed E-state index contributed by atoms with van der Waals surface area (Å²) in [5.74, 6) is 0. The Morgan fingerprint density at radius 3 is 2.70 bits per heavy atom. The van der Waals surface area contributed by atoms with Crippen molar-refractivity contribution in [1.29, 1.82) is 0 Å². The summed E-state index contributed by atoms with van der Waals surface area (Å²) in [7, 11) is 0. The van der Waals surface area contributed by atoms with Gasteiger partial charge in [0.1, 0.15) is 0 Å². The fourth-order valence-corrected chi connectivity index (χ4v) is 4.19. The average Bonchev–Trinajstić information content (AvgIpc) is 2.68. The summed E-state index contributed by atoms with van der Waals surface area (Å²) in [6.45, 7) is 2.99. The molecule has 1 unspecified atom stereocenters. The van der Waals surface area contributed by atoms with E-state index in [1.54, 1.807) is 0 Å². The number of urea groups is 1. The quantitative estimate of drug-likeness (QED) is 0.839. The lowest BCUT2D eigenvalue weighted by atomic mass is 10.00. The van der Waals surface area contributed by atoms with Crippen LogP contribution in [0, 0.1) is 0 Å². The third-order valence-corrected chi connectivity index (χ3v) is 5.76. The van der Waals surface area contributed by atoms with E-state index in [-0.39, 0.29) is 12.1 Å². The summed E-state index contributed by atoms with van der Waals surface area (Å²) >= 11 is 6.02. The SMILES string of the molecule is O=C1Nc2ccccc2CN1C1CCN(CC(O)c2cccc(Cl)c2)CC1. The number of hydrogen-bond donors (Lipinski definition) is 2. The number of hydrogen-bond acceptors (Lipinski definition) is 3. The number of piperidine rings is 1. The van der Waals surface area contributed by atoms with Gasteiger partial charge in [-0.1, -0.05) is 41.9 Å². The van der Waals surface area contributed by atoms with Gasteiger partial charge in [0.05, 0.1) is 6.10 Å². The number of amides is 2. The first-order chi connectivity index (χ1) is 13.1. The standard InChI is InChI=1S/C21H24ClN3O2/c22-17-6-3-5-15(12-17)20(26)14-24-10-8-18(9-11-24)25-13-16-4-1-2-7-19(16)23-21(25)27/h1-7,12,18,20,26H,8-11,13-14H2,(H,23,27). The second-order valence-corrected chi connectivity index (χ2v) is 7.75. The highest BCUT2D eigenvalue weighted by Gasteiger charge is 2.31. The Hall–Kier alpha value is -2.08. The van der Waals surface area contributed by atoms with E-state index in [1.165, 1.54) is 0 Å². The van der Waals surface area contributed by atoms with Crippen LogP contribution in [0.3, 0.4) is 0 Å². The van der Waals surface area contributed by atoms with Crippen LogP contribution in [0.15, 0.2) is 48.5 Å². The van der Waals surface area contributed by atoms with Gasteiger partial charge in [0.2, 0.25) is 0 Å². The summed E-state index contributed by atoms with van der Waals surface area (Å²) in [4.78, 5) is 16.7. The second kappa shape index (κ2) is 7.89. The van der Waals surface area contributed by atoms with Crippen molar-refractivity contribution in [3.63, 3.8) is 0 Å². The molecule has 0 saturated carbocycles. The Bertz CT molecular complexity index is 821. The third-order valence-electron chi connectivity index (χ3n) is 5.52. The Labute approximate surface area is 164 Å². The lowest BCUT2D eigenvalue weighted by molar-refractivity contribution is 0.0747. The van der Waals surface area contributed by atoms with E-state index in [0.717, 1.165) is 42.7 Å². The number of β-amino-alcohol motifs (C(OH)–C–C–N with tert-alkyl or cyclic N) is 1. The second-order valence-electron chi connectivity index (χ2n) is 7.32. The molecule has 2 N–H and O–H groups in total. The zero-order valence-corrected chi connectivity index (χ0v) is 15.9. The highest BCUT2D eigenvalue weighted by Crippen LogP contribution is 2.28. The molecule has 0 radical (unpaired) electrons. The molecule has 0 bridgehead atoms. The normalized spacial score (nSPS) is 19.5. The van der Waals surface area contributed by atoms with Crippen molar-refractivity contribution in [3.8, 4) is 0 Å². The lowest BCUT2D eigenvalue weighted by Gasteiger charge is -2.41. The molecule has 6 heteroatoms. The molecular formula is C21H24ClN3O2. The number of para-hydroxylation sites is 1. The first-order valence-corrected chi connectivity index (χ1v) is 9.79. The molecule has 2 heterocycles. The van der Waals surface area contributed by atoms with Crippen molar-refractivity contribution in [3.05, 3.63) is 64.7 Å². The molecule has 0 aliphatic carbocycles. The summed E-state index contributed by atoms with van der Waals surface area (Å²) in [6.07, 6.45) is 1.28. The molecule has 1 atom stereocenters. The predicted molar refractivity (Wildman–Crippen MR) is 107 cm³/mol. The van der Waals surface area contributed by atoms with Crippen LogP contribution in [-0.4, -0.2) is 46.6 Å². The van der Waals surface area contributed by atoms with Crippen LogP contribution in [0.5, 0.6) is 0 Å². The van der Waals surface area contributed by atoms with Gasteiger partial charge in [-0.25, -0.2) is 4.79 Å². The van der Waals surface area contributed by atoms with Crippen molar-refractivity contribution in [2.45, 2.75) is 31.5 Å². The maximum absolute atomic E-state index is 12.5. The van der Waals surface area contributed by atoms with E-state index in [2.05, 4.69) is 16.3 Å². The molecule has 5 nitrogen and oxygen atoms in total. The highest BCUT2D eigenvalue weighted by atomic mass is 35.5. The Morgan fingerprint density at radius 1 is 1.15 bits per heavy atom. The fourth-order valence-electron chi connectivity index (χ4n) is 3.99. The molecule has 0 spiro atoms. The molecule has 2 aliphatic heterocycles. The molecular weight excluding hydrogens is 362 g/mol. The molecule has 2 aliphatic rings. The first kappa shape index (κ1) is 18.3. The van der Waals surface area contributed by atoms with Crippen molar-refractivity contribution >= 4 is 23.3 Å². The van der Waals surface area contributed by atoms with E-state index in [1.807, 2.05) is 47.4 Å². The smallest absolute Gasteiger partial charge is 0.322 e. The van der Waals surface area contributed by atoms with E-state index in [4.69, 9.17) is 11.6 Å². The predicted octanol–water partition coefficient (Wildman–Crippen LogP) is 3.89. The summed E-state index contributed by atoms with van der Waals surface area (Å²) in [5, 5.41) is 14.1. The number of aliphatic hydroxyl groups is 1. The van der Waals surface area contributed by atoms with E-state index in [0.29, 0.717) is 18.1 Å². The number of carbonyl (C=O) groups excluding carboxylic acids is 1. The summed E-state index contributed by atoms with van der Waals surface area (Å²) in [5.41, 5.74) is 2.92. The maximum atomic E-state index is 12.5. The van der Waals surface area contributed by atoms with Crippen LogP contribution in [0.25, 0.3) is 0 Å². The van der Waals surface area contributed by atoms with Gasteiger partial charge in [0.15, 0.2) is 0 Å². The van der Waals surface area contributed by atoms with Gasteiger partial charge in [-0.15, -0.1) is 0 Å².